The molecule has 2 saturated carbocycles. The maximum absolute atomic E-state index is 12.8. The second-order valence-electron chi connectivity index (χ2n) is 10.7. The van der Waals surface area contributed by atoms with Crippen LogP contribution in [0.2, 0.25) is 0 Å². The Morgan fingerprint density at radius 2 is 2.00 bits per heavy atom. The fraction of sp³-hybridized carbons (Fsp3) is 0.870. The summed E-state index contributed by atoms with van der Waals surface area (Å²) in [6.07, 6.45) is 9.03. The van der Waals surface area contributed by atoms with E-state index in [1.807, 2.05) is 0 Å². The summed E-state index contributed by atoms with van der Waals surface area (Å²) in [6, 6.07) is 0.700. The number of ether oxygens (including phenoxy) is 1. The van der Waals surface area contributed by atoms with Gasteiger partial charge in [0.15, 0.2) is 0 Å². The highest BCUT2D eigenvalue weighted by molar-refractivity contribution is 5.75. The van der Waals surface area contributed by atoms with Crippen LogP contribution in [0.4, 0.5) is 0 Å². The molecule has 26 heavy (non-hydrogen) atoms. The number of carbonyl (C=O) groups excluding carboxylic acids is 1. The molecule has 6 aliphatic rings. The minimum Gasteiger partial charge on any atom is -0.469 e. The van der Waals surface area contributed by atoms with Gasteiger partial charge in [-0.1, -0.05) is 25.0 Å². The molecule has 0 N–H and O–H groups in total. The van der Waals surface area contributed by atoms with Crippen molar-refractivity contribution in [2.24, 2.45) is 40.4 Å². The highest BCUT2D eigenvalue weighted by atomic mass is 16.5. The van der Waals surface area contributed by atoms with Crippen molar-refractivity contribution in [3.05, 3.63) is 11.1 Å². The van der Waals surface area contributed by atoms with E-state index in [4.69, 9.17) is 4.74 Å². The number of carbonyl (C=O) groups is 1. The largest absolute Gasteiger partial charge is 0.469 e. The summed E-state index contributed by atoms with van der Waals surface area (Å²) >= 11 is 0. The van der Waals surface area contributed by atoms with Crippen molar-refractivity contribution in [3.63, 3.8) is 0 Å². The van der Waals surface area contributed by atoms with Gasteiger partial charge in [-0.25, -0.2) is 0 Å². The average molecular weight is 356 g/mol. The maximum Gasteiger partial charge on any atom is 0.309 e. The minimum absolute atomic E-state index is 0.0744. The third-order valence-electron chi connectivity index (χ3n) is 10.2. The van der Waals surface area contributed by atoms with Crippen LogP contribution in [0.25, 0.3) is 0 Å². The second-order valence-corrected chi connectivity index (χ2v) is 10.7. The van der Waals surface area contributed by atoms with E-state index in [-0.39, 0.29) is 17.3 Å². The lowest BCUT2D eigenvalue weighted by Crippen LogP contribution is -2.66. The lowest BCUT2D eigenvalue weighted by molar-refractivity contribution is -0.154. The second kappa shape index (κ2) is 4.96. The lowest BCUT2D eigenvalue weighted by atomic mass is 9.44. The highest BCUT2D eigenvalue weighted by Crippen LogP contribution is 2.76. The van der Waals surface area contributed by atoms with Crippen LogP contribution in [-0.4, -0.2) is 37.1 Å². The molecule has 2 aliphatic heterocycles. The zero-order chi connectivity index (χ0) is 17.8. The van der Waals surface area contributed by atoms with Crippen LogP contribution in [0.1, 0.15) is 58.8 Å². The molecule has 0 aromatic carbocycles. The van der Waals surface area contributed by atoms with Gasteiger partial charge in [0.1, 0.15) is 0 Å². The number of piperidine rings is 1. The van der Waals surface area contributed by atoms with Crippen LogP contribution in [0.5, 0.6) is 0 Å². The van der Waals surface area contributed by atoms with Crippen molar-refractivity contribution < 1.29 is 9.53 Å². The van der Waals surface area contributed by atoms with Crippen molar-refractivity contribution in [3.8, 4) is 0 Å². The molecule has 2 saturated heterocycles. The molecule has 8 atom stereocenters. The monoisotopic (exact) mass is 355 g/mol. The first-order chi connectivity index (χ1) is 12.5. The highest BCUT2D eigenvalue weighted by Gasteiger charge is 2.74. The Morgan fingerprint density at radius 1 is 1.19 bits per heavy atom. The van der Waals surface area contributed by atoms with Gasteiger partial charge in [0.2, 0.25) is 0 Å². The zero-order valence-electron chi connectivity index (χ0n) is 16.6. The van der Waals surface area contributed by atoms with Crippen LogP contribution in [0.3, 0.4) is 0 Å². The molecule has 3 heteroatoms. The Bertz CT molecular complexity index is 713. The molecule has 2 heterocycles. The molecule has 142 valence electrons. The predicted molar refractivity (Wildman–Crippen MR) is 100 cm³/mol. The van der Waals surface area contributed by atoms with Crippen molar-refractivity contribution in [2.75, 3.05) is 20.2 Å². The average Bonchev–Trinajstić information content (AvgIpc) is 3.26. The van der Waals surface area contributed by atoms with Crippen LogP contribution in [0, 0.1) is 40.4 Å². The van der Waals surface area contributed by atoms with Gasteiger partial charge >= 0.3 is 5.97 Å². The molecular formula is C23H33NO2. The van der Waals surface area contributed by atoms with Gasteiger partial charge in [0, 0.05) is 24.5 Å². The van der Waals surface area contributed by atoms with Gasteiger partial charge in [0.05, 0.1) is 13.0 Å². The standard InChI is InChI=1S/C23H33NO2/c1-13-11-24-12-15-6-4-14-5-7-17-18(21(25)26-3)10-23(19(14)17)20(24)16(13)8-9-22(15,23)2/h13,15-18,20H,4-12H2,1-3H3/t13-,15+,16-,17-,18-,20-,22+,23+/m1/s1. The van der Waals surface area contributed by atoms with Crippen molar-refractivity contribution in [1.29, 1.82) is 0 Å². The fourth-order valence-corrected chi connectivity index (χ4v) is 9.35. The Morgan fingerprint density at radius 3 is 2.81 bits per heavy atom. The first-order valence-electron chi connectivity index (χ1n) is 11.1. The Kier molecular flexibility index (Phi) is 3.08. The minimum atomic E-state index is 0.0744. The van der Waals surface area contributed by atoms with Crippen molar-refractivity contribution >= 4 is 5.97 Å². The molecule has 3 nitrogen and oxygen atoms in total. The van der Waals surface area contributed by atoms with E-state index in [0.29, 0.717) is 17.4 Å². The van der Waals surface area contributed by atoms with Gasteiger partial charge in [-0.3, -0.25) is 9.69 Å². The normalized spacial score (nSPS) is 54.3. The molecule has 6 rings (SSSR count). The van der Waals surface area contributed by atoms with E-state index in [9.17, 15) is 4.79 Å². The van der Waals surface area contributed by atoms with Crippen LogP contribution in [0.15, 0.2) is 11.1 Å². The van der Waals surface area contributed by atoms with E-state index in [2.05, 4.69) is 18.7 Å². The maximum atomic E-state index is 12.8. The molecular weight excluding hydrogens is 322 g/mol. The van der Waals surface area contributed by atoms with Crippen molar-refractivity contribution in [2.45, 2.75) is 64.8 Å². The molecule has 4 bridgehead atoms. The Hall–Kier alpha value is -0.830. The van der Waals surface area contributed by atoms with Gasteiger partial charge in [-0.05, 0) is 74.0 Å². The van der Waals surface area contributed by atoms with Crippen LogP contribution >= 0.6 is 0 Å². The molecule has 0 radical (unpaired) electrons. The molecule has 4 fully saturated rings. The molecule has 0 aromatic heterocycles. The molecule has 1 spiro atoms. The smallest absolute Gasteiger partial charge is 0.309 e. The third kappa shape index (κ3) is 1.57. The predicted octanol–water partition coefficient (Wildman–Crippen LogP) is 4.03. The summed E-state index contributed by atoms with van der Waals surface area (Å²) in [5.74, 6) is 3.16. The number of allylic oxidation sites excluding steroid dienone is 1. The van der Waals surface area contributed by atoms with Gasteiger partial charge in [-0.2, -0.15) is 0 Å². The number of hydrogen-bond acceptors (Lipinski definition) is 3. The number of hydrogen-bond donors (Lipinski definition) is 0. The van der Waals surface area contributed by atoms with E-state index >= 15 is 0 Å². The van der Waals surface area contributed by atoms with Crippen LogP contribution < -0.4 is 0 Å². The zero-order valence-corrected chi connectivity index (χ0v) is 16.6. The summed E-state index contributed by atoms with van der Waals surface area (Å²) in [4.78, 5) is 15.7. The summed E-state index contributed by atoms with van der Waals surface area (Å²) in [7, 11) is 1.60. The fourth-order valence-electron chi connectivity index (χ4n) is 9.35. The van der Waals surface area contributed by atoms with E-state index in [1.165, 1.54) is 51.6 Å². The molecule has 4 aliphatic carbocycles. The van der Waals surface area contributed by atoms with Crippen LogP contribution in [-0.2, 0) is 9.53 Å². The van der Waals surface area contributed by atoms with E-state index < -0.39 is 0 Å². The topological polar surface area (TPSA) is 29.5 Å². The summed E-state index contributed by atoms with van der Waals surface area (Å²) < 4.78 is 5.33. The summed E-state index contributed by atoms with van der Waals surface area (Å²) in [6.45, 7) is 7.74. The quantitative estimate of drug-likeness (QED) is 0.525. The SMILES string of the molecule is COC(=O)[C@@H]1C[C@@]23C4=C(CC[C@H]5CN6C[C@@H](C)[C@@H](CC[C@@]52C)[C@@H]63)CC[C@@H]41. The third-order valence-corrected chi connectivity index (χ3v) is 10.2. The Balaban J connectivity index is 1.60. The molecule has 0 aromatic rings. The Labute approximate surface area is 157 Å². The van der Waals surface area contributed by atoms with Gasteiger partial charge < -0.3 is 4.74 Å². The van der Waals surface area contributed by atoms with E-state index in [1.54, 1.807) is 18.3 Å². The number of nitrogens with zero attached hydrogens (tertiary/aromatic N) is 1. The molecule has 0 unspecified atom stereocenters. The number of rotatable bonds is 1. The van der Waals surface area contributed by atoms with Gasteiger partial charge in [-0.15, -0.1) is 0 Å². The molecule has 0 amide bonds. The summed E-state index contributed by atoms with van der Waals surface area (Å²) in [5, 5.41) is 0. The number of esters is 1. The summed E-state index contributed by atoms with van der Waals surface area (Å²) in [5.41, 5.74) is 4.25. The van der Waals surface area contributed by atoms with Crippen molar-refractivity contribution in [1.82, 2.24) is 4.90 Å². The number of methoxy groups -OCH3 is 1. The first kappa shape index (κ1) is 16.2. The lowest BCUT2D eigenvalue weighted by Gasteiger charge is -2.65. The first-order valence-corrected chi connectivity index (χ1v) is 11.1. The van der Waals surface area contributed by atoms with E-state index in [0.717, 1.165) is 24.2 Å². The van der Waals surface area contributed by atoms with Gasteiger partial charge in [0.25, 0.3) is 0 Å².